The Labute approximate surface area is 198 Å². The first-order chi connectivity index (χ1) is 16.1. The molecule has 0 radical (unpaired) electrons. The number of likely N-dealkylation sites (N-methyl/N-ethyl adjacent to an activating group) is 1. The van der Waals surface area contributed by atoms with Crippen LogP contribution in [0.1, 0.15) is 22.8 Å². The molecule has 2 aromatic rings. The van der Waals surface area contributed by atoms with Gasteiger partial charge in [0.2, 0.25) is 0 Å². The number of alkyl halides is 3. The van der Waals surface area contributed by atoms with E-state index in [1.807, 2.05) is 6.92 Å². The molecule has 1 saturated heterocycles. The maximum absolute atomic E-state index is 13.0. The zero-order valence-corrected chi connectivity index (χ0v) is 19.0. The van der Waals surface area contributed by atoms with Gasteiger partial charge in [-0.2, -0.15) is 13.2 Å². The highest BCUT2D eigenvalue weighted by atomic mass is 35.5. The lowest BCUT2D eigenvalue weighted by Crippen LogP contribution is -2.52. The molecule has 0 saturated carbocycles. The molecular formula is C22H20ClF3N6O2. The van der Waals surface area contributed by atoms with Crippen molar-refractivity contribution in [3.63, 3.8) is 0 Å². The topological polar surface area (TPSA) is 90.3 Å². The summed E-state index contributed by atoms with van der Waals surface area (Å²) in [6, 6.07) is 4.98. The molecule has 12 heteroatoms. The Bertz CT molecular complexity index is 1200. The van der Waals surface area contributed by atoms with E-state index in [-0.39, 0.29) is 28.6 Å². The fourth-order valence-corrected chi connectivity index (χ4v) is 3.49. The van der Waals surface area contributed by atoms with E-state index in [2.05, 4.69) is 27.0 Å². The van der Waals surface area contributed by atoms with Crippen molar-refractivity contribution in [1.82, 2.24) is 9.88 Å². The monoisotopic (exact) mass is 492 g/mol. The van der Waals surface area contributed by atoms with Crippen LogP contribution >= 0.6 is 11.6 Å². The number of halogens is 4. The standard InChI is InChI=1S/C22H20ClF3N6O2/c1-4-28-19-14(10-27-2)12-32(21(34)31(19)3)17-9-16(11-29-18(17)23)30-20(33)13-6-5-7-15(8-13)22(24,25)26/h5-11H,2,4,12H2,1,3H3,(H,30,33)/b14-10-,28-19?. The fraction of sp³-hybridized carbons (Fsp3) is 0.227. The van der Waals surface area contributed by atoms with Crippen LogP contribution in [0.3, 0.4) is 0 Å². The third-order valence-corrected chi connectivity index (χ3v) is 5.12. The molecule has 1 aromatic heterocycles. The number of hydrogen-bond acceptors (Lipinski definition) is 5. The van der Waals surface area contributed by atoms with E-state index in [0.717, 1.165) is 18.2 Å². The number of anilines is 2. The van der Waals surface area contributed by atoms with Crippen LogP contribution in [0.4, 0.5) is 29.3 Å². The molecule has 34 heavy (non-hydrogen) atoms. The van der Waals surface area contributed by atoms with Crippen molar-refractivity contribution in [2.45, 2.75) is 13.1 Å². The zero-order chi connectivity index (χ0) is 25.0. The first-order valence-corrected chi connectivity index (χ1v) is 10.3. The van der Waals surface area contributed by atoms with Gasteiger partial charge in [-0.05, 0) is 37.9 Å². The lowest BCUT2D eigenvalue weighted by Gasteiger charge is -2.36. The van der Waals surface area contributed by atoms with E-state index in [0.29, 0.717) is 18.0 Å². The number of hydrogen-bond donors (Lipinski definition) is 1. The van der Waals surface area contributed by atoms with Crippen molar-refractivity contribution < 1.29 is 22.8 Å². The van der Waals surface area contributed by atoms with Gasteiger partial charge in [0.05, 0.1) is 29.7 Å². The second-order valence-corrected chi connectivity index (χ2v) is 7.49. The number of pyridine rings is 1. The minimum atomic E-state index is -4.59. The summed E-state index contributed by atoms with van der Waals surface area (Å²) in [7, 11) is 1.54. The van der Waals surface area contributed by atoms with Crippen LogP contribution in [0.25, 0.3) is 0 Å². The normalized spacial score (nSPS) is 16.8. The Morgan fingerprint density at radius 3 is 2.74 bits per heavy atom. The molecule has 1 aromatic carbocycles. The molecule has 1 N–H and O–H groups in total. The predicted molar refractivity (Wildman–Crippen MR) is 125 cm³/mol. The van der Waals surface area contributed by atoms with Gasteiger partial charge in [0, 0.05) is 30.9 Å². The summed E-state index contributed by atoms with van der Waals surface area (Å²) in [4.78, 5) is 40.4. The summed E-state index contributed by atoms with van der Waals surface area (Å²) in [5, 5.41) is 2.48. The van der Waals surface area contributed by atoms with Gasteiger partial charge in [-0.25, -0.2) is 9.78 Å². The zero-order valence-electron chi connectivity index (χ0n) is 18.2. The van der Waals surface area contributed by atoms with E-state index < -0.39 is 23.7 Å². The third kappa shape index (κ3) is 5.25. The number of nitrogens with zero attached hydrogens (tertiary/aromatic N) is 5. The number of carbonyl (C=O) groups is 2. The number of aromatic nitrogens is 1. The molecule has 178 valence electrons. The van der Waals surface area contributed by atoms with Gasteiger partial charge in [-0.1, -0.05) is 17.7 Å². The molecule has 0 spiro atoms. The van der Waals surface area contributed by atoms with E-state index >= 15 is 0 Å². The molecule has 1 fully saturated rings. The average Bonchev–Trinajstić information content (AvgIpc) is 2.79. The molecule has 1 aliphatic heterocycles. The minimum absolute atomic E-state index is 0.0133. The van der Waals surface area contributed by atoms with E-state index in [9.17, 15) is 22.8 Å². The Morgan fingerprint density at radius 1 is 1.35 bits per heavy atom. The van der Waals surface area contributed by atoms with Gasteiger partial charge < -0.3 is 5.32 Å². The van der Waals surface area contributed by atoms with Gasteiger partial charge in [0.15, 0.2) is 5.15 Å². The lowest BCUT2D eigenvalue weighted by molar-refractivity contribution is -0.137. The largest absolute Gasteiger partial charge is 0.416 e. The van der Waals surface area contributed by atoms with Crippen LogP contribution in [0.2, 0.25) is 5.15 Å². The number of urea groups is 1. The van der Waals surface area contributed by atoms with Crippen LogP contribution in [0.15, 0.2) is 58.3 Å². The minimum Gasteiger partial charge on any atom is -0.321 e. The van der Waals surface area contributed by atoms with Crippen molar-refractivity contribution in [1.29, 1.82) is 0 Å². The maximum atomic E-state index is 13.0. The number of benzene rings is 1. The molecule has 0 unspecified atom stereocenters. The molecule has 1 aliphatic rings. The predicted octanol–water partition coefficient (Wildman–Crippen LogP) is 4.88. The molecule has 2 heterocycles. The Morgan fingerprint density at radius 2 is 2.09 bits per heavy atom. The molecule has 3 amide bonds. The van der Waals surface area contributed by atoms with Crippen molar-refractivity contribution >= 4 is 47.5 Å². The Kier molecular flexibility index (Phi) is 7.35. The molecule has 3 rings (SSSR count). The highest BCUT2D eigenvalue weighted by Gasteiger charge is 2.34. The summed E-state index contributed by atoms with van der Waals surface area (Å²) in [5.74, 6) is -0.341. The number of amidine groups is 1. The molecular weight excluding hydrogens is 473 g/mol. The number of aliphatic imine (C=N–C) groups is 2. The summed E-state index contributed by atoms with van der Waals surface area (Å²) < 4.78 is 38.9. The van der Waals surface area contributed by atoms with Crippen LogP contribution in [-0.4, -0.2) is 54.5 Å². The van der Waals surface area contributed by atoms with Crippen LogP contribution < -0.4 is 10.2 Å². The first-order valence-electron chi connectivity index (χ1n) is 9.95. The number of nitrogens with one attached hydrogen (secondary N) is 1. The Balaban J connectivity index is 1.91. The van der Waals surface area contributed by atoms with Crippen molar-refractivity contribution in [3.8, 4) is 0 Å². The first kappa shape index (κ1) is 24.9. The highest BCUT2D eigenvalue weighted by molar-refractivity contribution is 6.33. The number of carbonyl (C=O) groups excluding carboxylic acids is 2. The van der Waals surface area contributed by atoms with Crippen molar-refractivity contribution in [3.05, 3.63) is 64.6 Å². The van der Waals surface area contributed by atoms with Crippen LogP contribution in [-0.2, 0) is 6.18 Å². The molecule has 0 atom stereocenters. The van der Waals surface area contributed by atoms with Gasteiger partial charge in [0.1, 0.15) is 5.84 Å². The highest BCUT2D eigenvalue weighted by Crippen LogP contribution is 2.32. The molecule has 0 aliphatic carbocycles. The third-order valence-electron chi connectivity index (χ3n) is 4.83. The summed E-state index contributed by atoms with van der Waals surface area (Å²) in [6.45, 7) is 5.78. The smallest absolute Gasteiger partial charge is 0.321 e. The van der Waals surface area contributed by atoms with Crippen LogP contribution in [0.5, 0.6) is 0 Å². The second-order valence-electron chi connectivity index (χ2n) is 7.13. The van der Waals surface area contributed by atoms with Gasteiger partial charge >= 0.3 is 12.2 Å². The van der Waals surface area contributed by atoms with E-state index in [1.165, 1.54) is 34.3 Å². The van der Waals surface area contributed by atoms with Gasteiger partial charge in [-0.3, -0.25) is 24.6 Å². The lowest BCUT2D eigenvalue weighted by atomic mass is 10.1. The number of amides is 3. The van der Waals surface area contributed by atoms with Gasteiger partial charge in [-0.15, -0.1) is 0 Å². The fourth-order valence-electron chi connectivity index (χ4n) is 3.28. The Hall–Kier alpha value is -3.73. The van der Waals surface area contributed by atoms with Crippen molar-refractivity contribution in [2.24, 2.45) is 9.98 Å². The SMILES string of the molecule is C=N/C=C1/CN(c2cc(NC(=O)c3cccc(C(F)(F)F)c3)cnc2Cl)C(=O)N(C)C1=NCC. The average molecular weight is 493 g/mol. The second kappa shape index (κ2) is 10.0. The van der Waals surface area contributed by atoms with E-state index in [4.69, 9.17) is 11.6 Å². The quantitative estimate of drug-likeness (QED) is 0.476. The van der Waals surface area contributed by atoms with Crippen LogP contribution in [0, 0.1) is 0 Å². The van der Waals surface area contributed by atoms with Gasteiger partial charge in [0.25, 0.3) is 5.91 Å². The maximum Gasteiger partial charge on any atom is 0.416 e. The molecule has 8 nitrogen and oxygen atoms in total. The summed E-state index contributed by atoms with van der Waals surface area (Å²) >= 11 is 6.24. The summed E-state index contributed by atoms with van der Waals surface area (Å²) in [5.41, 5.74) is -0.212. The summed E-state index contributed by atoms with van der Waals surface area (Å²) in [6.07, 6.45) is -1.87. The van der Waals surface area contributed by atoms with E-state index in [1.54, 1.807) is 7.05 Å². The van der Waals surface area contributed by atoms with Crippen molar-refractivity contribution in [2.75, 3.05) is 30.4 Å². The number of rotatable bonds is 5. The molecule has 0 bridgehead atoms.